The molecule has 1 saturated heterocycles. The van der Waals surface area contributed by atoms with Crippen molar-refractivity contribution in [3.8, 4) is 0 Å². The lowest BCUT2D eigenvalue weighted by Crippen LogP contribution is -2.41. The third-order valence-electron chi connectivity index (χ3n) is 3.29. The second-order valence-electron chi connectivity index (χ2n) is 5.24. The Kier molecular flexibility index (Phi) is 5.07. The summed E-state index contributed by atoms with van der Waals surface area (Å²) >= 11 is 1.88. The van der Waals surface area contributed by atoms with Crippen molar-refractivity contribution in [3.63, 3.8) is 0 Å². The maximum absolute atomic E-state index is 12.6. The summed E-state index contributed by atoms with van der Waals surface area (Å²) in [6, 6.07) is 5.47. The highest BCUT2D eigenvalue weighted by Gasteiger charge is 2.22. The van der Waals surface area contributed by atoms with Crippen LogP contribution in [0.25, 0.3) is 6.08 Å². The van der Waals surface area contributed by atoms with Crippen LogP contribution in [0.2, 0.25) is 0 Å². The molecule has 0 bridgehead atoms. The zero-order valence-electron chi connectivity index (χ0n) is 12.2. The maximum Gasteiger partial charge on any atom is 0.328 e. The number of thioether (sulfide) groups is 1. The molecule has 0 aromatic heterocycles. The first-order valence-corrected chi connectivity index (χ1v) is 7.94. The quantitative estimate of drug-likeness (QED) is 0.872. The van der Waals surface area contributed by atoms with Crippen molar-refractivity contribution in [3.05, 3.63) is 41.0 Å². The van der Waals surface area contributed by atoms with E-state index in [4.69, 9.17) is 5.11 Å². The van der Waals surface area contributed by atoms with Crippen molar-refractivity contribution < 1.29 is 14.7 Å². The van der Waals surface area contributed by atoms with E-state index in [1.54, 1.807) is 6.07 Å². The van der Waals surface area contributed by atoms with E-state index in [2.05, 4.69) is 6.92 Å². The van der Waals surface area contributed by atoms with E-state index < -0.39 is 5.97 Å². The molecule has 1 aromatic carbocycles. The summed E-state index contributed by atoms with van der Waals surface area (Å²) in [4.78, 5) is 25.0. The first-order valence-electron chi connectivity index (χ1n) is 6.89. The van der Waals surface area contributed by atoms with Crippen molar-refractivity contribution >= 4 is 29.7 Å². The molecular formula is C16H19NO3S. The molecule has 0 spiro atoms. The van der Waals surface area contributed by atoms with Gasteiger partial charge in [0.15, 0.2) is 0 Å². The first-order chi connectivity index (χ1) is 9.95. The van der Waals surface area contributed by atoms with Crippen molar-refractivity contribution in [1.82, 2.24) is 4.90 Å². The van der Waals surface area contributed by atoms with E-state index in [-0.39, 0.29) is 5.91 Å². The highest BCUT2D eigenvalue weighted by molar-refractivity contribution is 7.99. The molecule has 112 valence electrons. The zero-order valence-corrected chi connectivity index (χ0v) is 13.0. The van der Waals surface area contributed by atoms with Crippen LogP contribution >= 0.6 is 11.8 Å². The van der Waals surface area contributed by atoms with Gasteiger partial charge in [0.25, 0.3) is 5.91 Å². The van der Waals surface area contributed by atoms with E-state index in [1.165, 1.54) is 6.08 Å². The van der Waals surface area contributed by atoms with E-state index in [0.29, 0.717) is 10.8 Å². The molecule has 1 heterocycles. The molecule has 1 atom stereocenters. The molecule has 5 heteroatoms. The molecule has 4 nitrogen and oxygen atoms in total. The van der Waals surface area contributed by atoms with Crippen molar-refractivity contribution in [2.24, 2.45) is 0 Å². The number of carboxylic acids is 1. The van der Waals surface area contributed by atoms with Gasteiger partial charge in [-0.1, -0.05) is 13.0 Å². The molecule has 0 radical (unpaired) electrons. The number of rotatable bonds is 3. The Hall–Kier alpha value is -1.75. The van der Waals surface area contributed by atoms with Crippen LogP contribution in [-0.4, -0.2) is 46.0 Å². The molecule has 1 amide bonds. The van der Waals surface area contributed by atoms with Crippen LogP contribution in [0.1, 0.15) is 28.4 Å². The van der Waals surface area contributed by atoms with Gasteiger partial charge in [-0.3, -0.25) is 4.79 Å². The number of hydrogen-bond acceptors (Lipinski definition) is 3. The molecule has 0 saturated carbocycles. The average Bonchev–Trinajstić information content (AvgIpc) is 2.43. The summed E-state index contributed by atoms with van der Waals surface area (Å²) in [7, 11) is 0. The molecule has 1 aliphatic heterocycles. The monoisotopic (exact) mass is 305 g/mol. The second kappa shape index (κ2) is 6.80. The Morgan fingerprint density at radius 2 is 2.14 bits per heavy atom. The fourth-order valence-electron chi connectivity index (χ4n) is 2.39. The van der Waals surface area contributed by atoms with Gasteiger partial charge in [0.2, 0.25) is 0 Å². The van der Waals surface area contributed by atoms with Crippen LogP contribution in [0.4, 0.5) is 0 Å². The van der Waals surface area contributed by atoms with Gasteiger partial charge in [-0.2, -0.15) is 11.8 Å². The van der Waals surface area contributed by atoms with Gasteiger partial charge in [-0.05, 0) is 36.3 Å². The Morgan fingerprint density at radius 3 is 2.81 bits per heavy atom. The summed E-state index contributed by atoms with van der Waals surface area (Å²) in [6.07, 6.45) is 2.60. The summed E-state index contributed by atoms with van der Waals surface area (Å²) in [6.45, 7) is 5.56. The molecular weight excluding hydrogens is 286 g/mol. The van der Waals surface area contributed by atoms with Gasteiger partial charge in [0.1, 0.15) is 0 Å². The van der Waals surface area contributed by atoms with Crippen LogP contribution < -0.4 is 0 Å². The highest BCUT2D eigenvalue weighted by Crippen LogP contribution is 2.20. The highest BCUT2D eigenvalue weighted by atomic mass is 32.2. The minimum absolute atomic E-state index is 0.0239. The van der Waals surface area contributed by atoms with Gasteiger partial charge in [-0.25, -0.2) is 4.79 Å². The van der Waals surface area contributed by atoms with Crippen LogP contribution in [0.15, 0.2) is 24.3 Å². The molecule has 2 rings (SSSR count). The number of amides is 1. The SMILES string of the molecule is Cc1cc(/C=C/C(=O)O)cc(C(=O)N2CCSC(C)C2)c1. The van der Waals surface area contributed by atoms with Gasteiger partial charge in [-0.15, -0.1) is 0 Å². The smallest absolute Gasteiger partial charge is 0.328 e. The minimum Gasteiger partial charge on any atom is -0.478 e. The van der Waals surface area contributed by atoms with Gasteiger partial charge in [0.05, 0.1) is 0 Å². The molecule has 1 fully saturated rings. The summed E-state index contributed by atoms with van der Waals surface area (Å²) in [5, 5.41) is 9.15. The first kappa shape index (κ1) is 15.6. The molecule has 0 aliphatic carbocycles. The summed E-state index contributed by atoms with van der Waals surface area (Å²) < 4.78 is 0. The van der Waals surface area contributed by atoms with Crippen LogP contribution in [0, 0.1) is 6.92 Å². The number of carbonyl (C=O) groups is 2. The number of hydrogen-bond donors (Lipinski definition) is 1. The lowest BCUT2D eigenvalue weighted by atomic mass is 10.0. The third kappa shape index (κ3) is 4.36. The molecule has 1 N–H and O–H groups in total. The molecule has 21 heavy (non-hydrogen) atoms. The Balaban J connectivity index is 2.22. The number of benzene rings is 1. The Bertz CT molecular complexity index is 583. The zero-order chi connectivity index (χ0) is 15.4. The standard InChI is InChI=1S/C16H19NO3S/c1-11-7-13(3-4-15(18)19)9-14(8-11)16(20)17-5-6-21-12(2)10-17/h3-4,7-9,12H,5-6,10H2,1-2H3,(H,18,19)/b4-3+. The predicted molar refractivity (Wildman–Crippen MR) is 85.7 cm³/mol. The number of carboxylic acid groups (broad SMARTS) is 1. The largest absolute Gasteiger partial charge is 0.478 e. The third-order valence-corrected chi connectivity index (χ3v) is 4.43. The molecule has 1 unspecified atom stereocenters. The molecule has 1 aliphatic rings. The van der Waals surface area contributed by atoms with E-state index >= 15 is 0 Å². The van der Waals surface area contributed by atoms with Gasteiger partial charge < -0.3 is 10.0 Å². The predicted octanol–water partition coefficient (Wildman–Crippen LogP) is 2.67. The van der Waals surface area contributed by atoms with E-state index in [0.717, 1.165) is 36.0 Å². The fourth-order valence-corrected chi connectivity index (χ4v) is 3.40. The van der Waals surface area contributed by atoms with Gasteiger partial charge in [0, 0.05) is 35.7 Å². The van der Waals surface area contributed by atoms with Crippen LogP contribution in [0.3, 0.4) is 0 Å². The maximum atomic E-state index is 12.6. The molecule has 1 aromatic rings. The van der Waals surface area contributed by atoms with Crippen molar-refractivity contribution in [1.29, 1.82) is 0 Å². The summed E-state index contributed by atoms with van der Waals surface area (Å²) in [5.41, 5.74) is 2.31. The second-order valence-corrected chi connectivity index (χ2v) is 6.78. The lowest BCUT2D eigenvalue weighted by Gasteiger charge is -2.30. The lowest BCUT2D eigenvalue weighted by molar-refractivity contribution is -0.131. The number of carbonyl (C=O) groups excluding carboxylic acids is 1. The van der Waals surface area contributed by atoms with Crippen LogP contribution in [-0.2, 0) is 4.79 Å². The number of aliphatic carboxylic acids is 1. The van der Waals surface area contributed by atoms with Crippen molar-refractivity contribution in [2.45, 2.75) is 19.1 Å². The number of aryl methyl sites for hydroxylation is 1. The van der Waals surface area contributed by atoms with Crippen LogP contribution in [0.5, 0.6) is 0 Å². The number of nitrogens with zero attached hydrogens (tertiary/aromatic N) is 1. The fraction of sp³-hybridized carbons (Fsp3) is 0.375. The van der Waals surface area contributed by atoms with Crippen molar-refractivity contribution in [2.75, 3.05) is 18.8 Å². The Labute approximate surface area is 128 Å². The van der Waals surface area contributed by atoms with Gasteiger partial charge >= 0.3 is 5.97 Å². The minimum atomic E-state index is -0.994. The average molecular weight is 305 g/mol. The Morgan fingerprint density at radius 1 is 1.38 bits per heavy atom. The topological polar surface area (TPSA) is 57.6 Å². The van der Waals surface area contributed by atoms with E-state index in [9.17, 15) is 9.59 Å². The van der Waals surface area contributed by atoms with E-state index in [1.807, 2.05) is 35.7 Å². The summed E-state index contributed by atoms with van der Waals surface area (Å²) in [5.74, 6) is -0.00749. The normalized spacial score (nSPS) is 19.0.